The van der Waals surface area contributed by atoms with E-state index in [2.05, 4.69) is 20.9 Å². The maximum Gasteiger partial charge on any atom is 0.206 e. The van der Waals surface area contributed by atoms with E-state index in [0.717, 1.165) is 6.07 Å². The zero-order chi connectivity index (χ0) is 10.3. The van der Waals surface area contributed by atoms with Crippen LogP contribution in [0.3, 0.4) is 0 Å². The summed E-state index contributed by atoms with van der Waals surface area (Å²) in [7, 11) is 0. The van der Waals surface area contributed by atoms with Crippen LogP contribution in [0.25, 0.3) is 10.9 Å². The Labute approximate surface area is 85.7 Å². The smallest absolute Gasteiger partial charge is 0.206 e. The number of nitrogens with one attached hydrogen (secondary N) is 1. The van der Waals surface area contributed by atoms with E-state index < -0.39 is 17.1 Å². The molecule has 0 atom stereocenters. The molecule has 0 amide bonds. The van der Waals surface area contributed by atoms with Gasteiger partial charge in [-0.2, -0.15) is 0 Å². The molecule has 1 N–H and O–H groups in total. The first-order valence-corrected chi connectivity index (χ1v) is 4.55. The van der Waals surface area contributed by atoms with Crippen molar-refractivity contribution in [1.82, 2.24) is 4.98 Å². The van der Waals surface area contributed by atoms with E-state index in [4.69, 9.17) is 0 Å². The number of aromatic amines is 1. The second-order valence-corrected chi connectivity index (χ2v) is 3.63. The number of hydrogen-bond donors (Lipinski definition) is 1. The van der Waals surface area contributed by atoms with Gasteiger partial charge in [0.2, 0.25) is 5.43 Å². The maximum absolute atomic E-state index is 13.2. The zero-order valence-corrected chi connectivity index (χ0v) is 8.36. The van der Waals surface area contributed by atoms with Crippen molar-refractivity contribution >= 4 is 26.8 Å². The number of fused-ring (bicyclic) bond motifs is 1. The van der Waals surface area contributed by atoms with E-state index in [1.165, 1.54) is 6.20 Å². The molecular weight excluding hydrogens is 256 g/mol. The number of H-pyrrole nitrogens is 1. The molecule has 0 saturated heterocycles. The van der Waals surface area contributed by atoms with Gasteiger partial charge in [0, 0.05) is 12.3 Å². The average molecular weight is 260 g/mol. The first kappa shape index (κ1) is 9.33. The highest BCUT2D eigenvalue weighted by Crippen LogP contribution is 2.16. The van der Waals surface area contributed by atoms with Crippen LogP contribution in [-0.2, 0) is 0 Å². The molecule has 0 saturated carbocycles. The molecule has 0 fully saturated rings. The fourth-order valence-corrected chi connectivity index (χ4v) is 1.56. The SMILES string of the molecule is O=c1c(Br)c[nH]c2cc(F)cc(F)c12. The Bertz CT molecular complexity index is 564. The average Bonchev–Trinajstić information content (AvgIpc) is 2.10. The fraction of sp³-hybridized carbons (Fsp3) is 0. The third kappa shape index (κ3) is 1.33. The molecule has 72 valence electrons. The molecule has 2 rings (SSSR count). The molecule has 1 heterocycles. The van der Waals surface area contributed by atoms with Gasteiger partial charge in [-0.3, -0.25) is 4.79 Å². The largest absolute Gasteiger partial charge is 0.360 e. The van der Waals surface area contributed by atoms with E-state index in [1.54, 1.807) is 0 Å². The van der Waals surface area contributed by atoms with Crippen LogP contribution in [0.15, 0.2) is 27.6 Å². The molecule has 0 spiro atoms. The predicted molar refractivity (Wildman–Crippen MR) is 52.2 cm³/mol. The standard InChI is InChI=1S/C9H4BrF2NO/c10-5-3-13-7-2-4(11)1-6(12)8(7)9(5)14/h1-3H,(H,13,14). The van der Waals surface area contributed by atoms with Gasteiger partial charge in [-0.15, -0.1) is 0 Å². The fourth-order valence-electron chi connectivity index (χ4n) is 1.24. The summed E-state index contributed by atoms with van der Waals surface area (Å²) >= 11 is 2.96. The second kappa shape index (κ2) is 3.16. The Kier molecular flexibility index (Phi) is 2.11. The topological polar surface area (TPSA) is 32.9 Å². The summed E-state index contributed by atoms with van der Waals surface area (Å²) in [6.07, 6.45) is 1.35. The maximum atomic E-state index is 13.2. The molecule has 0 aliphatic heterocycles. The lowest BCUT2D eigenvalue weighted by molar-refractivity contribution is 0.591. The van der Waals surface area contributed by atoms with Crippen molar-refractivity contribution in [2.24, 2.45) is 0 Å². The molecule has 2 aromatic rings. The molecule has 0 aliphatic rings. The van der Waals surface area contributed by atoms with Crippen LogP contribution >= 0.6 is 15.9 Å². The van der Waals surface area contributed by atoms with Crippen LogP contribution in [0.2, 0.25) is 0 Å². The van der Waals surface area contributed by atoms with Crippen LogP contribution in [0.1, 0.15) is 0 Å². The first-order valence-electron chi connectivity index (χ1n) is 3.75. The first-order chi connectivity index (χ1) is 6.59. The molecule has 14 heavy (non-hydrogen) atoms. The molecule has 0 bridgehead atoms. The molecule has 0 aliphatic carbocycles. The predicted octanol–water partition coefficient (Wildman–Crippen LogP) is 2.57. The quantitative estimate of drug-likeness (QED) is 0.775. The molecule has 0 unspecified atom stereocenters. The third-order valence-electron chi connectivity index (χ3n) is 1.85. The molecule has 0 radical (unpaired) electrons. The summed E-state index contributed by atoms with van der Waals surface area (Å²) in [4.78, 5) is 14.0. The van der Waals surface area contributed by atoms with Crippen molar-refractivity contribution in [2.45, 2.75) is 0 Å². The molecule has 1 aromatic heterocycles. The Hall–Kier alpha value is -1.23. The Morgan fingerprint density at radius 2 is 2.00 bits per heavy atom. The Morgan fingerprint density at radius 1 is 1.29 bits per heavy atom. The highest BCUT2D eigenvalue weighted by molar-refractivity contribution is 9.10. The minimum absolute atomic E-state index is 0.138. The highest BCUT2D eigenvalue weighted by Gasteiger charge is 2.09. The van der Waals surface area contributed by atoms with Crippen molar-refractivity contribution in [3.63, 3.8) is 0 Å². The lowest BCUT2D eigenvalue weighted by atomic mass is 10.2. The van der Waals surface area contributed by atoms with Crippen LogP contribution in [0, 0.1) is 11.6 Å². The van der Waals surface area contributed by atoms with Crippen LogP contribution in [-0.4, -0.2) is 4.98 Å². The van der Waals surface area contributed by atoms with E-state index in [9.17, 15) is 13.6 Å². The lowest BCUT2D eigenvalue weighted by Gasteiger charge is -1.99. The zero-order valence-electron chi connectivity index (χ0n) is 6.77. The van der Waals surface area contributed by atoms with Crippen molar-refractivity contribution in [3.8, 4) is 0 Å². The summed E-state index contributed by atoms with van der Waals surface area (Å²) in [6, 6.07) is 1.76. The van der Waals surface area contributed by atoms with Gasteiger partial charge in [0.1, 0.15) is 11.6 Å². The number of halogens is 3. The van der Waals surface area contributed by atoms with E-state index in [-0.39, 0.29) is 15.4 Å². The third-order valence-corrected chi connectivity index (χ3v) is 2.44. The van der Waals surface area contributed by atoms with Gasteiger partial charge in [0.15, 0.2) is 0 Å². The minimum Gasteiger partial charge on any atom is -0.360 e. The van der Waals surface area contributed by atoms with Gasteiger partial charge < -0.3 is 4.98 Å². The van der Waals surface area contributed by atoms with Gasteiger partial charge >= 0.3 is 0 Å². The molecule has 1 aromatic carbocycles. The van der Waals surface area contributed by atoms with Crippen LogP contribution < -0.4 is 5.43 Å². The van der Waals surface area contributed by atoms with E-state index in [1.807, 2.05) is 0 Å². The van der Waals surface area contributed by atoms with Crippen LogP contribution in [0.4, 0.5) is 8.78 Å². The van der Waals surface area contributed by atoms with E-state index >= 15 is 0 Å². The summed E-state index contributed by atoms with van der Waals surface area (Å²) in [5.41, 5.74) is -0.341. The number of hydrogen-bond acceptors (Lipinski definition) is 1. The minimum atomic E-state index is -0.859. The lowest BCUT2D eigenvalue weighted by Crippen LogP contribution is -2.06. The van der Waals surface area contributed by atoms with Crippen molar-refractivity contribution in [2.75, 3.05) is 0 Å². The summed E-state index contributed by atoms with van der Waals surface area (Å²) < 4.78 is 26.2. The van der Waals surface area contributed by atoms with Gasteiger partial charge in [-0.25, -0.2) is 8.78 Å². The van der Waals surface area contributed by atoms with Crippen molar-refractivity contribution < 1.29 is 8.78 Å². The summed E-state index contributed by atoms with van der Waals surface area (Å²) in [5.74, 6) is -1.57. The molecular formula is C9H4BrF2NO. The number of aromatic nitrogens is 1. The normalized spacial score (nSPS) is 10.8. The highest BCUT2D eigenvalue weighted by atomic mass is 79.9. The van der Waals surface area contributed by atoms with E-state index in [0.29, 0.717) is 6.07 Å². The number of pyridine rings is 1. The monoisotopic (exact) mass is 259 g/mol. The van der Waals surface area contributed by atoms with Gasteiger partial charge in [-0.1, -0.05) is 0 Å². The van der Waals surface area contributed by atoms with Crippen molar-refractivity contribution in [3.05, 3.63) is 44.7 Å². The second-order valence-electron chi connectivity index (χ2n) is 2.78. The van der Waals surface area contributed by atoms with Gasteiger partial charge in [-0.05, 0) is 22.0 Å². The van der Waals surface area contributed by atoms with Crippen LogP contribution in [0.5, 0.6) is 0 Å². The summed E-state index contributed by atoms with van der Waals surface area (Å²) in [6.45, 7) is 0. The Morgan fingerprint density at radius 3 is 2.71 bits per heavy atom. The Balaban J connectivity index is 3.03. The number of rotatable bonds is 0. The number of benzene rings is 1. The molecule has 2 nitrogen and oxygen atoms in total. The van der Waals surface area contributed by atoms with Crippen molar-refractivity contribution in [1.29, 1.82) is 0 Å². The summed E-state index contributed by atoms with van der Waals surface area (Å²) in [5, 5.41) is -0.138. The van der Waals surface area contributed by atoms with Gasteiger partial charge in [0.05, 0.1) is 15.4 Å². The van der Waals surface area contributed by atoms with Gasteiger partial charge in [0.25, 0.3) is 0 Å². The molecule has 5 heteroatoms.